The lowest BCUT2D eigenvalue weighted by atomic mass is 9.79. The summed E-state index contributed by atoms with van der Waals surface area (Å²) in [4.78, 5) is 26.4. The van der Waals surface area contributed by atoms with E-state index in [2.05, 4.69) is 18.3 Å². The molecule has 0 aromatic heterocycles. The van der Waals surface area contributed by atoms with E-state index in [1.165, 1.54) is 6.42 Å². The first-order valence-corrected chi connectivity index (χ1v) is 17.9. The van der Waals surface area contributed by atoms with Crippen LogP contribution in [-0.4, -0.2) is 33.0 Å². The molecule has 6 atom stereocenters. The molecule has 3 unspecified atom stereocenters. The summed E-state index contributed by atoms with van der Waals surface area (Å²) in [5.74, 6) is 0.604. The maximum Gasteiger partial charge on any atom is 0.337 e. The summed E-state index contributed by atoms with van der Waals surface area (Å²) in [6.07, 6.45) is 3.95. The number of aliphatic carboxylic acids is 1. The van der Waals surface area contributed by atoms with Crippen LogP contribution < -0.4 is 9.62 Å². The number of rotatable bonds is 7. The zero-order valence-corrected chi connectivity index (χ0v) is 29.0. The van der Waals surface area contributed by atoms with E-state index in [-0.39, 0.29) is 11.8 Å². The fraction of sp³-hybridized carbons (Fsp3) is 0.474. The van der Waals surface area contributed by atoms with E-state index in [0.717, 1.165) is 68.7 Å². The fourth-order valence-corrected chi connectivity index (χ4v) is 9.22. The van der Waals surface area contributed by atoms with Crippen LogP contribution in [0.25, 0.3) is 22.3 Å². The predicted octanol–water partition coefficient (Wildman–Crippen LogP) is 8.12. The number of benzene rings is 3. The number of amides is 1. The van der Waals surface area contributed by atoms with E-state index in [0.29, 0.717) is 29.9 Å². The molecule has 1 amide bonds. The zero-order chi connectivity index (χ0) is 33.2. The predicted molar refractivity (Wildman–Crippen MR) is 185 cm³/mol. The van der Waals surface area contributed by atoms with E-state index >= 15 is 0 Å². The normalized spacial score (nSPS) is 23.1. The number of nitrogens with one attached hydrogen (secondary N) is 1. The highest BCUT2D eigenvalue weighted by atomic mass is 32.2. The molecule has 3 aliphatic rings. The second-order valence-electron chi connectivity index (χ2n) is 14.6. The molecule has 6 rings (SSSR count). The van der Waals surface area contributed by atoms with E-state index in [1.807, 2.05) is 82.2 Å². The summed E-state index contributed by atoms with van der Waals surface area (Å²) in [6.45, 7) is 14.1. The molecule has 0 spiro atoms. The van der Waals surface area contributed by atoms with Crippen molar-refractivity contribution in [2.45, 2.75) is 86.0 Å². The van der Waals surface area contributed by atoms with Crippen LogP contribution >= 0.6 is 0 Å². The molecule has 8 heteroatoms. The summed E-state index contributed by atoms with van der Waals surface area (Å²) in [7, 11) is -1.41. The Bertz CT molecular complexity index is 1740. The van der Waals surface area contributed by atoms with Crippen LogP contribution in [0.1, 0.15) is 80.9 Å². The molecule has 7 nitrogen and oxygen atoms in total. The van der Waals surface area contributed by atoms with Crippen LogP contribution in [0.15, 0.2) is 42.5 Å². The smallest absolute Gasteiger partial charge is 0.337 e. The second-order valence-corrected chi connectivity index (χ2v) is 15.9. The highest BCUT2D eigenvalue weighted by Crippen LogP contribution is 2.53. The number of hydrogen-bond donors (Lipinski definition) is 2. The quantitative estimate of drug-likeness (QED) is 0.271. The van der Waals surface area contributed by atoms with Gasteiger partial charge in [-0.1, -0.05) is 42.8 Å². The third-order valence-corrected chi connectivity index (χ3v) is 11.4. The van der Waals surface area contributed by atoms with Gasteiger partial charge in [0, 0.05) is 29.0 Å². The Kier molecular flexibility index (Phi) is 8.43. The van der Waals surface area contributed by atoms with Gasteiger partial charge in [0.25, 0.3) is 0 Å². The summed E-state index contributed by atoms with van der Waals surface area (Å²) in [5.41, 5.74) is 8.68. The van der Waals surface area contributed by atoms with Gasteiger partial charge in [0.2, 0.25) is 5.91 Å². The lowest BCUT2D eigenvalue weighted by Crippen LogP contribution is -2.33. The van der Waals surface area contributed by atoms with Gasteiger partial charge in [-0.05, 0) is 124 Å². The van der Waals surface area contributed by atoms with E-state index in [1.54, 1.807) is 6.26 Å². The number of carboxylic acid groups (broad SMARTS) is 1. The minimum Gasteiger partial charge on any atom is -0.479 e. The fourth-order valence-electron chi connectivity index (χ4n) is 8.41. The van der Waals surface area contributed by atoms with Gasteiger partial charge in [-0.2, -0.15) is 0 Å². The van der Waals surface area contributed by atoms with Gasteiger partial charge >= 0.3 is 5.97 Å². The van der Waals surface area contributed by atoms with Crippen LogP contribution in [0.2, 0.25) is 0 Å². The molecule has 1 aliphatic heterocycles. The molecule has 2 N–H and O–H groups in total. The summed E-state index contributed by atoms with van der Waals surface area (Å²) in [5, 5.41) is 13.8. The van der Waals surface area contributed by atoms with Gasteiger partial charge in [-0.25, -0.2) is 9.00 Å². The topological polar surface area (TPSA) is 95.9 Å². The SMILES string of the molecule is Cc1ccc(-c2c(C)c3c(c(C)c2[C@H](OC(C)(C)C)C(=O)O)N(S(C)=O)Cc2cc(NC(=O)C4[C@H]5CCC(C5)[C@H]4C)ccc2-3)cc1. The first-order valence-electron chi connectivity index (χ1n) is 16.4. The molecule has 244 valence electrons. The standard InChI is InChI=1S/C38H46N2O5S/c1-20-9-11-24(12-10-20)30-22(3)32-29-16-15-28(39-36(41)31-21(2)25-13-14-26(31)17-25)18-27(29)19-40(46(8)44)34(32)23(4)33(30)35(37(42)43)45-38(5,6)7/h9-12,15-16,18,21,25-26,31,35H,13-14,17,19H2,1-8H3,(H,39,41)(H,42,43)/t21-,25?,26+,31?,35+,46?/m1/s1. The number of ether oxygens (including phenoxy) is 1. The lowest BCUT2D eigenvalue weighted by Gasteiger charge is -2.37. The number of carbonyl (C=O) groups is 2. The van der Waals surface area contributed by atoms with Crippen LogP contribution in [0, 0.1) is 44.4 Å². The average Bonchev–Trinajstić information content (AvgIpc) is 3.58. The first kappa shape index (κ1) is 32.5. The first-order chi connectivity index (χ1) is 21.7. The van der Waals surface area contributed by atoms with Crippen molar-refractivity contribution in [1.82, 2.24) is 0 Å². The van der Waals surface area contributed by atoms with Gasteiger partial charge in [-0.15, -0.1) is 0 Å². The Morgan fingerprint density at radius 2 is 1.67 bits per heavy atom. The Labute approximate surface area is 275 Å². The minimum atomic E-state index is -1.41. The second kappa shape index (κ2) is 11.9. The Hall–Kier alpha value is -3.49. The van der Waals surface area contributed by atoms with Crippen molar-refractivity contribution in [2.24, 2.45) is 23.7 Å². The number of carbonyl (C=O) groups excluding carboxylic acids is 1. The monoisotopic (exact) mass is 642 g/mol. The number of hydrogen-bond acceptors (Lipinski definition) is 4. The van der Waals surface area contributed by atoms with Crippen molar-refractivity contribution < 1.29 is 23.6 Å². The Morgan fingerprint density at radius 1 is 1.00 bits per heavy atom. The van der Waals surface area contributed by atoms with E-state index < -0.39 is 28.7 Å². The Balaban J connectivity index is 1.52. The average molecular weight is 643 g/mol. The molecule has 3 aromatic rings. The van der Waals surface area contributed by atoms with Crippen LogP contribution in [-0.2, 0) is 31.9 Å². The molecule has 0 saturated heterocycles. The molecule has 2 aliphatic carbocycles. The summed E-state index contributed by atoms with van der Waals surface area (Å²) in [6, 6.07) is 14.1. The van der Waals surface area contributed by atoms with Crippen molar-refractivity contribution in [3.63, 3.8) is 0 Å². The number of fused-ring (bicyclic) bond motifs is 5. The third kappa shape index (κ3) is 5.68. The van der Waals surface area contributed by atoms with Crippen LogP contribution in [0.4, 0.5) is 11.4 Å². The lowest BCUT2D eigenvalue weighted by molar-refractivity contribution is -0.160. The molecule has 3 aromatic carbocycles. The minimum absolute atomic E-state index is 0.0491. The van der Waals surface area contributed by atoms with Crippen molar-refractivity contribution in [1.29, 1.82) is 0 Å². The summed E-state index contributed by atoms with van der Waals surface area (Å²) < 4.78 is 21.5. The maximum atomic E-state index is 13.5. The maximum absolute atomic E-state index is 13.5. The highest BCUT2D eigenvalue weighted by molar-refractivity contribution is 7.85. The molecular weight excluding hydrogens is 596 g/mol. The van der Waals surface area contributed by atoms with Gasteiger partial charge in [0.05, 0.1) is 17.8 Å². The van der Waals surface area contributed by atoms with Gasteiger partial charge in [-0.3, -0.25) is 9.10 Å². The van der Waals surface area contributed by atoms with E-state index in [4.69, 9.17) is 4.74 Å². The van der Waals surface area contributed by atoms with Gasteiger partial charge in [0.15, 0.2) is 6.10 Å². The molecule has 1 heterocycles. The van der Waals surface area contributed by atoms with Crippen molar-refractivity contribution in [2.75, 3.05) is 15.9 Å². The molecule has 2 bridgehead atoms. The van der Waals surface area contributed by atoms with Crippen molar-refractivity contribution >= 4 is 34.2 Å². The highest BCUT2D eigenvalue weighted by Gasteiger charge is 2.48. The number of aryl methyl sites for hydroxylation is 1. The van der Waals surface area contributed by atoms with Gasteiger partial charge < -0.3 is 15.2 Å². The van der Waals surface area contributed by atoms with E-state index in [9.17, 15) is 18.9 Å². The summed E-state index contributed by atoms with van der Waals surface area (Å²) >= 11 is 0. The number of carboxylic acids is 1. The molecule has 2 saturated carbocycles. The molecule has 46 heavy (non-hydrogen) atoms. The Morgan fingerprint density at radius 3 is 2.26 bits per heavy atom. The third-order valence-electron chi connectivity index (χ3n) is 10.5. The van der Waals surface area contributed by atoms with Crippen molar-refractivity contribution in [3.05, 3.63) is 70.3 Å². The zero-order valence-electron chi connectivity index (χ0n) is 28.2. The number of anilines is 2. The largest absolute Gasteiger partial charge is 0.479 e. The molecular formula is C38H46N2O5S. The number of nitrogens with zero attached hydrogens (tertiary/aromatic N) is 1. The van der Waals surface area contributed by atoms with Crippen LogP contribution in [0.5, 0.6) is 0 Å². The molecule has 2 fully saturated rings. The van der Waals surface area contributed by atoms with Crippen LogP contribution in [0.3, 0.4) is 0 Å². The molecule has 0 radical (unpaired) electrons. The van der Waals surface area contributed by atoms with Gasteiger partial charge in [0.1, 0.15) is 11.0 Å². The van der Waals surface area contributed by atoms with Crippen molar-refractivity contribution in [3.8, 4) is 22.3 Å².